The van der Waals surface area contributed by atoms with Crippen LogP contribution in [0.4, 0.5) is 51.2 Å². The van der Waals surface area contributed by atoms with E-state index in [4.69, 9.17) is 18.8 Å². The number of furan rings is 2. The van der Waals surface area contributed by atoms with Gasteiger partial charge in [-0.05, 0) is 208 Å². The summed E-state index contributed by atoms with van der Waals surface area (Å²) in [6.45, 7) is 4.75. The van der Waals surface area contributed by atoms with Gasteiger partial charge in [-0.15, -0.1) is 0 Å². The summed E-state index contributed by atoms with van der Waals surface area (Å²) < 4.78 is 16.1. The molecule has 0 saturated carbocycles. The van der Waals surface area contributed by atoms with Gasteiger partial charge >= 0.3 is 0 Å². The number of anilines is 9. The monoisotopic (exact) mass is 1470 g/mol. The van der Waals surface area contributed by atoms with Crippen molar-refractivity contribution in [2.45, 2.75) is 24.7 Å². The van der Waals surface area contributed by atoms with Crippen LogP contribution >= 0.6 is 0 Å². The van der Waals surface area contributed by atoms with Crippen molar-refractivity contribution in [3.63, 3.8) is 0 Å². The fraction of sp³-hybridized carbons (Fsp3) is 0.0370. The quantitative estimate of drug-likeness (QED) is 0.121. The van der Waals surface area contributed by atoms with Gasteiger partial charge in [0.1, 0.15) is 16.7 Å². The Balaban J connectivity index is 0.850. The third-order valence-corrected chi connectivity index (χ3v) is 25.0. The van der Waals surface area contributed by atoms with Gasteiger partial charge in [-0.25, -0.2) is 9.97 Å². The van der Waals surface area contributed by atoms with Crippen LogP contribution < -0.4 is 14.7 Å². The van der Waals surface area contributed by atoms with Crippen molar-refractivity contribution in [2.75, 3.05) is 14.7 Å². The van der Waals surface area contributed by atoms with E-state index in [2.05, 4.69) is 380 Å². The standard InChI is InChI=1S/C108H69N5O2/c1-107(2)89-44-24-20-40-78(89)82-50-49-74(62-93(82)107)113(97-59-69(66-28-8-3-9-29-66)58-68-32-18-19-39-77(68)97)96-55-54-85-88-61-76(112(72-37-16-7-17-38-72)73-48-51-83-81-43-23-27-47-92(81)108(94(83)63-73)90-45-25-21-41-79(90)80-42-22-26-46-91(80)108)65-99-101(88)100-87(60-75(64-98(100)114-99)111(70-33-12-5-13-34-70)71-35-14-6-15-36-71)84-52-53-86(104-102(84)103(85)105(96)115-104)95-56-57-109-106(110-95)67-30-10-4-11-31-67/h3-65H,1-2H3. The summed E-state index contributed by atoms with van der Waals surface area (Å²) in [5, 5.41) is 10.1. The molecule has 0 saturated heterocycles. The minimum Gasteiger partial charge on any atom is -0.456 e. The molecular formula is C108H69N5O2. The molecule has 0 N–H and O–H groups in total. The van der Waals surface area contributed by atoms with Gasteiger partial charge in [0, 0.05) is 90.2 Å². The predicted octanol–water partition coefficient (Wildman–Crippen LogP) is 29.2. The number of benzene rings is 17. The van der Waals surface area contributed by atoms with Gasteiger partial charge in [-0.2, -0.15) is 0 Å². The fourth-order valence-electron chi connectivity index (χ4n) is 20.1. The van der Waals surface area contributed by atoms with Crippen LogP contribution in [0.15, 0.2) is 391 Å². The number of hydrogen-bond acceptors (Lipinski definition) is 7. The molecule has 18 aromatic carbocycles. The van der Waals surface area contributed by atoms with E-state index >= 15 is 0 Å². The van der Waals surface area contributed by atoms with Gasteiger partial charge in [-0.1, -0.05) is 275 Å². The molecule has 7 nitrogen and oxygen atoms in total. The third-order valence-electron chi connectivity index (χ3n) is 25.0. The largest absolute Gasteiger partial charge is 0.456 e. The summed E-state index contributed by atoms with van der Waals surface area (Å²) in [7, 11) is 0. The first-order valence-corrected chi connectivity index (χ1v) is 39.6. The maximum atomic E-state index is 8.28. The molecule has 24 rings (SSSR count). The first-order chi connectivity index (χ1) is 56.8. The molecule has 0 fully saturated rings. The Morgan fingerprint density at radius 1 is 0.261 bits per heavy atom. The number of aromatic nitrogens is 2. The lowest BCUT2D eigenvalue weighted by Crippen LogP contribution is -2.26. The van der Waals surface area contributed by atoms with Crippen molar-refractivity contribution >= 4 is 127 Å². The molecule has 0 bridgehead atoms. The summed E-state index contributed by atoms with van der Waals surface area (Å²) in [6.07, 6.45) is 1.88. The van der Waals surface area contributed by atoms with Crippen LogP contribution in [0.2, 0.25) is 0 Å². The predicted molar refractivity (Wildman–Crippen MR) is 475 cm³/mol. The lowest BCUT2D eigenvalue weighted by molar-refractivity contribution is 0.660. The van der Waals surface area contributed by atoms with E-state index in [0.29, 0.717) is 17.0 Å². The van der Waals surface area contributed by atoms with Gasteiger partial charge in [0.25, 0.3) is 0 Å². The first-order valence-electron chi connectivity index (χ1n) is 39.6. The fourth-order valence-corrected chi connectivity index (χ4v) is 20.1. The summed E-state index contributed by atoms with van der Waals surface area (Å²) in [4.78, 5) is 17.7. The third kappa shape index (κ3) is 9.47. The van der Waals surface area contributed by atoms with Crippen LogP contribution in [0.3, 0.4) is 0 Å². The maximum absolute atomic E-state index is 8.28. The minimum absolute atomic E-state index is 0.320. The van der Waals surface area contributed by atoms with E-state index in [9.17, 15) is 0 Å². The molecule has 0 amide bonds. The number of rotatable bonds is 12. The van der Waals surface area contributed by atoms with E-state index < -0.39 is 5.41 Å². The van der Waals surface area contributed by atoms with Crippen molar-refractivity contribution in [1.82, 2.24) is 9.97 Å². The van der Waals surface area contributed by atoms with Crippen molar-refractivity contribution < 1.29 is 8.83 Å². The van der Waals surface area contributed by atoms with Gasteiger partial charge in [0.05, 0.1) is 33.9 Å². The molecule has 3 aliphatic rings. The summed E-state index contributed by atoms with van der Waals surface area (Å²) >= 11 is 0. The Morgan fingerprint density at radius 2 is 0.713 bits per heavy atom. The molecule has 0 atom stereocenters. The summed E-state index contributed by atoms with van der Waals surface area (Å²) in [6, 6.07) is 138. The first kappa shape index (κ1) is 64.9. The molecule has 21 aromatic rings. The zero-order chi connectivity index (χ0) is 75.8. The van der Waals surface area contributed by atoms with Gasteiger partial charge < -0.3 is 23.5 Å². The van der Waals surface area contributed by atoms with Crippen molar-refractivity contribution in [2.24, 2.45) is 0 Å². The lowest BCUT2D eigenvalue weighted by Gasteiger charge is -2.32. The van der Waals surface area contributed by atoms with Gasteiger partial charge in [0.2, 0.25) is 0 Å². The SMILES string of the molecule is CC1(C)c2ccccc2-c2ccc(N(c3cc(-c4ccccc4)cc4ccccc34)c3ccc4c5cc(N(c6ccccc6)c6ccc7c(c6)C6(c8ccccc8-c8ccccc86)c6ccccc6-7)cc6oc7cc(N(c8ccccc8)c8ccccc8)cc(c8ccc(-c9ccnc(-c%10ccccc%10)n9)c9oc3c4c98)c7c65)cc21. The molecule has 3 heterocycles. The number of para-hydroxylation sites is 3. The molecule has 7 heteroatoms. The van der Waals surface area contributed by atoms with Crippen molar-refractivity contribution in [1.29, 1.82) is 0 Å². The van der Waals surface area contributed by atoms with Crippen LogP contribution in [0.25, 0.3) is 143 Å². The second-order valence-corrected chi connectivity index (χ2v) is 31.4. The maximum Gasteiger partial charge on any atom is 0.160 e. The van der Waals surface area contributed by atoms with E-state index in [0.717, 1.165) is 144 Å². The van der Waals surface area contributed by atoms with Crippen molar-refractivity contribution in [3.05, 3.63) is 416 Å². The molecule has 3 aromatic heterocycles. The van der Waals surface area contributed by atoms with Crippen LogP contribution in [0, 0.1) is 0 Å². The lowest BCUT2D eigenvalue weighted by atomic mass is 9.70. The summed E-state index contributed by atoms with van der Waals surface area (Å²) in [5.74, 6) is 0.620. The van der Waals surface area contributed by atoms with Crippen LogP contribution in [0.1, 0.15) is 47.2 Å². The average molecular weight is 1470 g/mol. The molecule has 0 radical (unpaired) electrons. The van der Waals surface area contributed by atoms with E-state index in [1.807, 2.05) is 30.5 Å². The van der Waals surface area contributed by atoms with Gasteiger partial charge in [0.15, 0.2) is 11.4 Å². The molecule has 0 aliphatic heterocycles. The highest BCUT2D eigenvalue weighted by Crippen LogP contribution is 2.64. The highest BCUT2D eigenvalue weighted by molar-refractivity contribution is 6.39. The van der Waals surface area contributed by atoms with Crippen LogP contribution in [-0.2, 0) is 10.8 Å². The molecule has 115 heavy (non-hydrogen) atoms. The van der Waals surface area contributed by atoms with E-state index in [-0.39, 0.29) is 5.41 Å². The summed E-state index contributed by atoms with van der Waals surface area (Å²) in [5.41, 5.74) is 30.7. The topological polar surface area (TPSA) is 61.8 Å². The number of fused-ring (bicyclic) bond motifs is 16. The highest BCUT2D eigenvalue weighted by atomic mass is 16.3. The molecule has 1 spiro atoms. The number of hydrogen-bond donors (Lipinski definition) is 0. The minimum atomic E-state index is -0.588. The molecule has 3 aliphatic carbocycles. The van der Waals surface area contributed by atoms with Crippen molar-refractivity contribution in [3.8, 4) is 67.2 Å². The normalized spacial score (nSPS) is 13.3. The average Bonchev–Trinajstić information content (AvgIpc) is 1.51. The molecular weight excluding hydrogens is 1400 g/mol. The highest BCUT2D eigenvalue weighted by Gasteiger charge is 2.52. The van der Waals surface area contributed by atoms with Crippen LogP contribution in [0.5, 0.6) is 0 Å². The Morgan fingerprint density at radius 3 is 1.30 bits per heavy atom. The second-order valence-electron chi connectivity index (χ2n) is 31.4. The Hall–Kier alpha value is -14.9. The zero-order valence-electron chi connectivity index (χ0n) is 62.9. The van der Waals surface area contributed by atoms with E-state index in [1.54, 1.807) is 0 Å². The Labute approximate surface area is 664 Å². The second kappa shape index (κ2) is 24.8. The Kier molecular flexibility index (Phi) is 14.0. The number of nitrogens with zero attached hydrogens (tertiary/aromatic N) is 5. The zero-order valence-corrected chi connectivity index (χ0v) is 62.9. The van der Waals surface area contributed by atoms with Gasteiger partial charge in [-0.3, -0.25) is 0 Å². The van der Waals surface area contributed by atoms with Crippen LogP contribution in [-0.4, -0.2) is 9.97 Å². The smallest absolute Gasteiger partial charge is 0.160 e. The molecule has 0 unspecified atom stereocenters. The molecule has 538 valence electrons. The van der Waals surface area contributed by atoms with E-state index in [1.165, 1.54) is 66.8 Å². The Bertz CT molecular complexity index is 7480.